The van der Waals surface area contributed by atoms with E-state index in [0.29, 0.717) is 6.42 Å². The predicted octanol–water partition coefficient (Wildman–Crippen LogP) is 3.91. The van der Waals surface area contributed by atoms with Crippen molar-refractivity contribution in [3.05, 3.63) is 78.5 Å². The first-order valence-corrected chi connectivity index (χ1v) is 9.23. The second-order valence-corrected chi connectivity index (χ2v) is 6.81. The highest BCUT2D eigenvalue weighted by Gasteiger charge is 2.10. The van der Waals surface area contributed by atoms with Gasteiger partial charge in [-0.25, -0.2) is 4.98 Å². The third-order valence-corrected chi connectivity index (χ3v) is 4.77. The number of aromatic nitrogens is 5. The Bertz CT molecular complexity index is 1060. The standard InChI is InChI=1S/C22H21N5O/c1-16(28)6-11-19-12-23-15-27(19)14-17-7-9-18(10-8-17)20-4-2-3-5-21(20)22-13-24-26-25-22/h2-5,7-10,12-13,15H,6,11,14H2,1H3,(H,24,25,26). The summed E-state index contributed by atoms with van der Waals surface area (Å²) in [4.78, 5) is 15.5. The van der Waals surface area contributed by atoms with E-state index in [9.17, 15) is 4.79 Å². The molecule has 2 aromatic heterocycles. The highest BCUT2D eigenvalue weighted by molar-refractivity contribution is 5.81. The number of aromatic amines is 1. The highest BCUT2D eigenvalue weighted by atomic mass is 16.1. The van der Waals surface area contributed by atoms with Crippen LogP contribution >= 0.6 is 0 Å². The molecule has 2 heterocycles. The van der Waals surface area contributed by atoms with E-state index in [1.165, 1.54) is 5.56 Å². The number of hydrogen-bond acceptors (Lipinski definition) is 4. The molecule has 0 spiro atoms. The lowest BCUT2D eigenvalue weighted by molar-refractivity contribution is -0.117. The maximum Gasteiger partial charge on any atom is 0.130 e. The minimum atomic E-state index is 0.197. The monoisotopic (exact) mass is 371 g/mol. The maximum absolute atomic E-state index is 11.3. The molecule has 0 fully saturated rings. The molecule has 0 aliphatic carbocycles. The van der Waals surface area contributed by atoms with Gasteiger partial charge in [-0.1, -0.05) is 48.5 Å². The number of H-pyrrole nitrogens is 1. The van der Waals surface area contributed by atoms with Crippen LogP contribution in [0.25, 0.3) is 22.4 Å². The van der Waals surface area contributed by atoms with Gasteiger partial charge in [0, 0.05) is 30.4 Å². The largest absolute Gasteiger partial charge is 0.330 e. The van der Waals surface area contributed by atoms with Crippen molar-refractivity contribution in [1.82, 2.24) is 25.0 Å². The Kier molecular flexibility index (Phi) is 5.10. The summed E-state index contributed by atoms with van der Waals surface area (Å²) >= 11 is 0. The van der Waals surface area contributed by atoms with Crippen molar-refractivity contribution >= 4 is 5.78 Å². The zero-order valence-corrected chi connectivity index (χ0v) is 15.7. The topological polar surface area (TPSA) is 76.5 Å². The van der Waals surface area contributed by atoms with Gasteiger partial charge in [-0.05, 0) is 30.0 Å². The van der Waals surface area contributed by atoms with Gasteiger partial charge in [-0.2, -0.15) is 15.4 Å². The number of carbonyl (C=O) groups excluding carboxylic acids is 1. The molecule has 6 heteroatoms. The van der Waals surface area contributed by atoms with Crippen molar-refractivity contribution in [1.29, 1.82) is 0 Å². The van der Waals surface area contributed by atoms with Gasteiger partial charge >= 0.3 is 0 Å². The van der Waals surface area contributed by atoms with Gasteiger partial charge in [0.15, 0.2) is 0 Å². The maximum atomic E-state index is 11.3. The first kappa shape index (κ1) is 17.9. The van der Waals surface area contributed by atoms with Crippen LogP contribution in [0.2, 0.25) is 0 Å². The molecule has 2 aromatic carbocycles. The molecule has 0 amide bonds. The summed E-state index contributed by atoms with van der Waals surface area (Å²) in [5, 5.41) is 10.8. The number of hydrogen-bond donors (Lipinski definition) is 1. The Morgan fingerprint density at radius 2 is 1.82 bits per heavy atom. The van der Waals surface area contributed by atoms with E-state index in [4.69, 9.17) is 0 Å². The van der Waals surface area contributed by atoms with Crippen LogP contribution in [0, 0.1) is 0 Å². The van der Waals surface area contributed by atoms with E-state index in [2.05, 4.69) is 55.3 Å². The van der Waals surface area contributed by atoms with Crippen molar-refractivity contribution in [3.8, 4) is 22.4 Å². The van der Waals surface area contributed by atoms with E-state index in [1.807, 2.05) is 30.7 Å². The summed E-state index contributed by atoms with van der Waals surface area (Å²) in [6.07, 6.45) is 6.66. The molecule has 1 N–H and O–H groups in total. The average Bonchev–Trinajstić information content (AvgIpc) is 3.39. The molecule has 0 bridgehead atoms. The van der Waals surface area contributed by atoms with E-state index in [0.717, 1.165) is 41.0 Å². The molecule has 0 aliphatic rings. The number of carbonyl (C=O) groups is 1. The Morgan fingerprint density at radius 1 is 1.04 bits per heavy atom. The molecule has 0 radical (unpaired) electrons. The number of ketones is 1. The quantitative estimate of drug-likeness (QED) is 0.534. The van der Waals surface area contributed by atoms with Crippen LogP contribution in [0.1, 0.15) is 24.6 Å². The number of rotatable bonds is 7. The first-order valence-electron chi connectivity index (χ1n) is 9.23. The van der Waals surface area contributed by atoms with Crippen LogP contribution in [-0.2, 0) is 17.8 Å². The third-order valence-electron chi connectivity index (χ3n) is 4.77. The molecule has 0 unspecified atom stereocenters. The van der Waals surface area contributed by atoms with Crippen molar-refractivity contribution in [2.75, 3.05) is 0 Å². The van der Waals surface area contributed by atoms with Gasteiger partial charge in [0.25, 0.3) is 0 Å². The Balaban J connectivity index is 1.55. The van der Waals surface area contributed by atoms with Crippen LogP contribution in [0.5, 0.6) is 0 Å². The van der Waals surface area contributed by atoms with Crippen LogP contribution in [0.3, 0.4) is 0 Å². The summed E-state index contributed by atoms with van der Waals surface area (Å²) in [6.45, 7) is 2.36. The fourth-order valence-electron chi connectivity index (χ4n) is 3.28. The number of aryl methyl sites for hydroxylation is 1. The first-order chi connectivity index (χ1) is 13.7. The number of imidazole rings is 1. The zero-order chi connectivity index (χ0) is 19.3. The molecular formula is C22H21N5O. The summed E-state index contributed by atoms with van der Waals surface area (Å²) in [5.74, 6) is 0.197. The predicted molar refractivity (Wildman–Crippen MR) is 108 cm³/mol. The molecule has 140 valence electrons. The number of nitrogens with one attached hydrogen (secondary N) is 1. The van der Waals surface area contributed by atoms with Gasteiger partial charge in [0.05, 0.1) is 12.5 Å². The second-order valence-electron chi connectivity index (χ2n) is 6.81. The van der Waals surface area contributed by atoms with Crippen LogP contribution in [-0.4, -0.2) is 30.7 Å². The Labute approximate surface area is 163 Å². The lowest BCUT2D eigenvalue weighted by atomic mass is 9.97. The third kappa shape index (κ3) is 3.91. The molecule has 0 saturated carbocycles. The molecule has 0 atom stereocenters. The number of Topliss-reactive ketones (excluding diaryl/α,β-unsaturated/α-hetero) is 1. The highest BCUT2D eigenvalue weighted by Crippen LogP contribution is 2.30. The van der Waals surface area contributed by atoms with Gasteiger partial charge < -0.3 is 9.36 Å². The molecule has 28 heavy (non-hydrogen) atoms. The minimum absolute atomic E-state index is 0.197. The molecule has 4 rings (SSSR count). The van der Waals surface area contributed by atoms with Crippen LogP contribution < -0.4 is 0 Å². The lowest BCUT2D eigenvalue weighted by Crippen LogP contribution is -2.05. The Hall–Kier alpha value is -3.54. The fourth-order valence-corrected chi connectivity index (χ4v) is 3.28. The smallest absolute Gasteiger partial charge is 0.130 e. The zero-order valence-electron chi connectivity index (χ0n) is 15.7. The molecule has 4 aromatic rings. The van der Waals surface area contributed by atoms with E-state index in [-0.39, 0.29) is 5.78 Å². The van der Waals surface area contributed by atoms with Gasteiger partial charge in [0.1, 0.15) is 11.5 Å². The van der Waals surface area contributed by atoms with Gasteiger partial charge in [-0.3, -0.25) is 0 Å². The van der Waals surface area contributed by atoms with E-state index < -0.39 is 0 Å². The molecule has 0 aliphatic heterocycles. The van der Waals surface area contributed by atoms with E-state index in [1.54, 1.807) is 13.1 Å². The number of nitrogens with zero attached hydrogens (tertiary/aromatic N) is 4. The van der Waals surface area contributed by atoms with Crippen molar-refractivity contribution in [2.45, 2.75) is 26.3 Å². The molecule has 0 saturated heterocycles. The lowest BCUT2D eigenvalue weighted by Gasteiger charge is -2.10. The van der Waals surface area contributed by atoms with Gasteiger partial charge in [-0.15, -0.1) is 0 Å². The van der Waals surface area contributed by atoms with E-state index >= 15 is 0 Å². The van der Waals surface area contributed by atoms with Crippen molar-refractivity contribution in [3.63, 3.8) is 0 Å². The van der Waals surface area contributed by atoms with Crippen LogP contribution in [0.4, 0.5) is 0 Å². The SMILES string of the molecule is CC(=O)CCc1cncn1Cc1ccc(-c2ccccc2-c2cn[nH]n2)cc1. The molecule has 6 nitrogen and oxygen atoms in total. The number of benzene rings is 2. The van der Waals surface area contributed by atoms with Gasteiger partial charge in [0.2, 0.25) is 0 Å². The summed E-state index contributed by atoms with van der Waals surface area (Å²) in [6, 6.07) is 16.7. The average molecular weight is 371 g/mol. The van der Waals surface area contributed by atoms with Crippen molar-refractivity contribution < 1.29 is 4.79 Å². The summed E-state index contributed by atoms with van der Waals surface area (Å²) in [5.41, 5.74) is 6.39. The Morgan fingerprint density at radius 3 is 2.54 bits per heavy atom. The normalized spacial score (nSPS) is 10.9. The minimum Gasteiger partial charge on any atom is -0.330 e. The fraction of sp³-hybridized carbons (Fsp3) is 0.182. The van der Waals surface area contributed by atoms with Crippen LogP contribution in [0.15, 0.2) is 67.3 Å². The molecular weight excluding hydrogens is 350 g/mol. The second kappa shape index (κ2) is 8.00. The summed E-state index contributed by atoms with van der Waals surface area (Å²) in [7, 11) is 0. The van der Waals surface area contributed by atoms with Crippen molar-refractivity contribution in [2.24, 2.45) is 0 Å². The summed E-state index contributed by atoms with van der Waals surface area (Å²) < 4.78 is 2.10.